The molecule has 1 aromatic heterocycles. The summed E-state index contributed by atoms with van der Waals surface area (Å²) in [5.74, 6) is -0.954. The number of anilines is 1. The van der Waals surface area contributed by atoms with Crippen LogP contribution in [0.1, 0.15) is 16.7 Å². The van der Waals surface area contributed by atoms with Crippen LogP contribution in [0.5, 0.6) is 11.5 Å². The van der Waals surface area contributed by atoms with E-state index < -0.39 is 16.9 Å². The standard InChI is InChI=1S/C22H15N3O5/c1-10-7-16(27)29-15-8-14(26)18-19(17(10)15)30-20(24)12(9-23)22(18)11-5-3-4-6-13(11)25(2)21(22)28/h3-8,26H,24H2,1-2H3. The van der Waals surface area contributed by atoms with Crippen molar-refractivity contribution in [2.75, 3.05) is 11.9 Å². The monoisotopic (exact) mass is 401 g/mol. The number of benzene rings is 2. The van der Waals surface area contributed by atoms with Crippen LogP contribution in [-0.2, 0) is 10.2 Å². The van der Waals surface area contributed by atoms with Crippen molar-refractivity contribution in [2.45, 2.75) is 12.3 Å². The highest BCUT2D eigenvalue weighted by Gasteiger charge is 2.60. The maximum atomic E-state index is 13.7. The molecule has 2 aromatic carbocycles. The number of carbonyl (C=O) groups excluding carboxylic acids is 1. The highest BCUT2D eigenvalue weighted by molar-refractivity contribution is 6.15. The minimum absolute atomic E-state index is 0.0844. The smallest absolute Gasteiger partial charge is 0.336 e. The third-order valence-corrected chi connectivity index (χ3v) is 5.78. The van der Waals surface area contributed by atoms with Gasteiger partial charge in [0.2, 0.25) is 11.8 Å². The van der Waals surface area contributed by atoms with Gasteiger partial charge in [0.25, 0.3) is 0 Å². The van der Waals surface area contributed by atoms with Gasteiger partial charge >= 0.3 is 5.63 Å². The Hall–Kier alpha value is -4.25. The van der Waals surface area contributed by atoms with Gasteiger partial charge in [-0.2, -0.15) is 5.26 Å². The number of aromatic hydroxyl groups is 1. The number of aryl methyl sites for hydroxylation is 1. The van der Waals surface area contributed by atoms with Gasteiger partial charge in [-0.3, -0.25) is 4.79 Å². The zero-order valence-corrected chi connectivity index (χ0v) is 16.0. The Labute approximate surface area is 170 Å². The predicted octanol–water partition coefficient (Wildman–Crippen LogP) is 2.16. The molecule has 0 aliphatic carbocycles. The molecule has 148 valence electrons. The molecule has 0 saturated heterocycles. The number of carbonyl (C=O) groups is 1. The number of fused-ring (bicyclic) bond motifs is 6. The highest BCUT2D eigenvalue weighted by atomic mass is 16.5. The third kappa shape index (κ3) is 1.89. The summed E-state index contributed by atoms with van der Waals surface area (Å²) < 4.78 is 11.0. The van der Waals surface area contributed by atoms with E-state index in [9.17, 15) is 20.0 Å². The summed E-state index contributed by atoms with van der Waals surface area (Å²) in [6.45, 7) is 1.68. The molecule has 2 aliphatic heterocycles. The predicted molar refractivity (Wildman–Crippen MR) is 107 cm³/mol. The Morgan fingerprint density at radius 3 is 2.70 bits per heavy atom. The van der Waals surface area contributed by atoms with Crippen LogP contribution in [0.2, 0.25) is 0 Å². The van der Waals surface area contributed by atoms with Crippen molar-refractivity contribution in [2.24, 2.45) is 5.73 Å². The quantitative estimate of drug-likeness (QED) is 0.552. The first-order chi connectivity index (χ1) is 14.3. The van der Waals surface area contributed by atoms with Crippen LogP contribution in [0.15, 0.2) is 57.1 Å². The van der Waals surface area contributed by atoms with Gasteiger partial charge in [-0.1, -0.05) is 18.2 Å². The maximum Gasteiger partial charge on any atom is 0.336 e. The van der Waals surface area contributed by atoms with E-state index in [4.69, 9.17) is 14.9 Å². The van der Waals surface area contributed by atoms with Crippen molar-refractivity contribution < 1.29 is 19.1 Å². The first kappa shape index (κ1) is 17.8. The molecule has 30 heavy (non-hydrogen) atoms. The molecular weight excluding hydrogens is 386 g/mol. The van der Waals surface area contributed by atoms with Crippen LogP contribution >= 0.6 is 0 Å². The number of nitriles is 1. The third-order valence-electron chi connectivity index (χ3n) is 5.78. The molecule has 3 heterocycles. The number of phenolic OH excluding ortho intramolecular Hbond substituents is 1. The number of nitrogens with two attached hydrogens (primary N) is 1. The summed E-state index contributed by atoms with van der Waals surface area (Å²) >= 11 is 0. The van der Waals surface area contributed by atoms with Gasteiger partial charge in [0, 0.05) is 30.4 Å². The summed E-state index contributed by atoms with van der Waals surface area (Å²) in [5.41, 5.74) is 5.56. The number of nitrogens with zero attached hydrogens (tertiary/aromatic N) is 2. The molecule has 8 heteroatoms. The van der Waals surface area contributed by atoms with Crippen LogP contribution in [0.25, 0.3) is 11.0 Å². The fraction of sp³-hybridized carbons (Fsp3) is 0.136. The van der Waals surface area contributed by atoms with Crippen molar-refractivity contribution in [3.63, 3.8) is 0 Å². The Morgan fingerprint density at radius 1 is 1.23 bits per heavy atom. The average molecular weight is 401 g/mol. The number of para-hydroxylation sites is 1. The van der Waals surface area contributed by atoms with E-state index in [1.54, 1.807) is 38.2 Å². The Bertz CT molecular complexity index is 1430. The number of hydrogen-bond donors (Lipinski definition) is 2. The first-order valence-electron chi connectivity index (χ1n) is 9.09. The molecule has 3 N–H and O–H groups in total. The summed E-state index contributed by atoms with van der Waals surface area (Å²) in [4.78, 5) is 26.9. The largest absolute Gasteiger partial charge is 0.507 e. The van der Waals surface area contributed by atoms with E-state index in [1.165, 1.54) is 17.0 Å². The second kappa shape index (κ2) is 5.64. The van der Waals surface area contributed by atoms with Crippen molar-refractivity contribution in [1.82, 2.24) is 0 Å². The minimum Gasteiger partial charge on any atom is -0.507 e. The lowest BCUT2D eigenvalue weighted by atomic mass is 9.68. The first-order valence-corrected chi connectivity index (χ1v) is 9.09. The van der Waals surface area contributed by atoms with Crippen molar-refractivity contribution in [1.29, 1.82) is 5.26 Å². The summed E-state index contributed by atoms with van der Waals surface area (Å²) in [6.07, 6.45) is 0. The lowest BCUT2D eigenvalue weighted by Gasteiger charge is -2.35. The van der Waals surface area contributed by atoms with Crippen LogP contribution in [0.3, 0.4) is 0 Å². The molecule has 3 aromatic rings. The van der Waals surface area contributed by atoms with E-state index >= 15 is 0 Å². The van der Waals surface area contributed by atoms with E-state index in [2.05, 4.69) is 0 Å². The minimum atomic E-state index is -1.68. The number of amides is 1. The van der Waals surface area contributed by atoms with Gasteiger partial charge in [0.1, 0.15) is 34.1 Å². The highest BCUT2D eigenvalue weighted by Crippen LogP contribution is 2.58. The normalized spacial score (nSPS) is 19.6. The van der Waals surface area contributed by atoms with Crippen LogP contribution in [0, 0.1) is 18.3 Å². The lowest BCUT2D eigenvalue weighted by molar-refractivity contribution is -0.120. The summed E-state index contributed by atoms with van der Waals surface area (Å²) in [5, 5.41) is 21.4. The van der Waals surface area contributed by atoms with E-state index in [-0.39, 0.29) is 34.1 Å². The van der Waals surface area contributed by atoms with Crippen molar-refractivity contribution >= 4 is 22.6 Å². The molecule has 1 atom stereocenters. The average Bonchev–Trinajstić information content (AvgIpc) is 2.90. The van der Waals surface area contributed by atoms with Gasteiger partial charge in [0.05, 0.1) is 10.9 Å². The van der Waals surface area contributed by atoms with Gasteiger partial charge in [-0.15, -0.1) is 0 Å². The maximum absolute atomic E-state index is 13.7. The van der Waals surface area contributed by atoms with Crippen LogP contribution < -0.4 is 21.0 Å². The fourth-order valence-electron chi connectivity index (χ4n) is 4.58. The Morgan fingerprint density at radius 2 is 1.97 bits per heavy atom. The number of likely N-dealkylation sites (N-methyl/N-ethyl adjacent to an activating group) is 1. The van der Waals surface area contributed by atoms with Gasteiger partial charge in [0.15, 0.2) is 0 Å². The Kier molecular flexibility index (Phi) is 3.35. The molecule has 0 radical (unpaired) electrons. The molecule has 0 bridgehead atoms. The van der Waals surface area contributed by atoms with E-state index in [1.807, 2.05) is 6.07 Å². The van der Waals surface area contributed by atoms with Gasteiger partial charge in [-0.05, 0) is 18.6 Å². The SMILES string of the molecule is Cc1cc(=O)oc2cc(O)c3c(c12)OC(N)=C(C#N)C31C(=O)N(C)c2ccccc21. The van der Waals surface area contributed by atoms with Crippen molar-refractivity contribution in [3.8, 4) is 17.6 Å². The molecule has 1 spiro atoms. The zero-order valence-electron chi connectivity index (χ0n) is 16.0. The molecule has 8 nitrogen and oxygen atoms in total. The molecule has 5 rings (SSSR count). The van der Waals surface area contributed by atoms with Gasteiger partial charge in [-0.25, -0.2) is 4.79 Å². The molecular formula is C22H15N3O5. The van der Waals surface area contributed by atoms with Crippen LogP contribution in [-0.4, -0.2) is 18.1 Å². The summed E-state index contributed by atoms with van der Waals surface area (Å²) in [7, 11) is 1.60. The van der Waals surface area contributed by atoms with E-state index in [0.29, 0.717) is 22.2 Å². The van der Waals surface area contributed by atoms with Crippen molar-refractivity contribution in [3.05, 3.63) is 75.0 Å². The number of rotatable bonds is 0. The van der Waals surface area contributed by atoms with E-state index in [0.717, 1.165) is 0 Å². The lowest BCUT2D eigenvalue weighted by Crippen LogP contribution is -2.45. The number of hydrogen-bond acceptors (Lipinski definition) is 7. The van der Waals surface area contributed by atoms with Crippen LogP contribution in [0.4, 0.5) is 5.69 Å². The molecule has 1 unspecified atom stereocenters. The second-order valence-corrected chi connectivity index (χ2v) is 7.31. The number of ether oxygens (including phenoxy) is 1. The van der Waals surface area contributed by atoms with Gasteiger partial charge < -0.3 is 24.9 Å². The number of phenols is 1. The molecule has 1 amide bonds. The molecule has 0 fully saturated rings. The Balaban J connectivity index is 2.04. The second-order valence-electron chi connectivity index (χ2n) is 7.31. The topological polar surface area (TPSA) is 130 Å². The molecule has 0 saturated carbocycles. The molecule has 2 aliphatic rings. The fourth-order valence-corrected chi connectivity index (χ4v) is 4.58. The summed E-state index contributed by atoms with van der Waals surface area (Å²) in [6, 6.07) is 11.6. The zero-order chi connectivity index (χ0) is 21.4.